The van der Waals surface area contributed by atoms with Crippen LogP contribution in [-0.2, 0) is 9.53 Å². The van der Waals surface area contributed by atoms with Gasteiger partial charge in [-0.1, -0.05) is 6.07 Å². The van der Waals surface area contributed by atoms with Crippen molar-refractivity contribution in [2.75, 3.05) is 46.4 Å². The molecule has 0 saturated carbocycles. The van der Waals surface area contributed by atoms with Crippen LogP contribution in [0.3, 0.4) is 0 Å². The Balaban J connectivity index is 1.88. The van der Waals surface area contributed by atoms with Crippen molar-refractivity contribution in [3.05, 3.63) is 29.8 Å². The number of esters is 1. The second-order valence-corrected chi connectivity index (χ2v) is 5.11. The molecular formula is C16H22N2O4. The minimum atomic E-state index is -0.213. The van der Waals surface area contributed by atoms with Gasteiger partial charge in [0.25, 0.3) is 5.91 Å². The van der Waals surface area contributed by atoms with Crippen molar-refractivity contribution in [3.8, 4) is 5.75 Å². The minimum Gasteiger partial charge on any atom is -0.497 e. The monoisotopic (exact) mass is 306 g/mol. The van der Waals surface area contributed by atoms with E-state index in [1.165, 1.54) is 0 Å². The van der Waals surface area contributed by atoms with Gasteiger partial charge in [0, 0.05) is 31.7 Å². The molecule has 0 unspecified atom stereocenters. The fourth-order valence-corrected chi connectivity index (χ4v) is 2.44. The minimum absolute atomic E-state index is 0.00492. The highest BCUT2D eigenvalue weighted by Gasteiger charge is 2.23. The zero-order chi connectivity index (χ0) is 15.9. The molecule has 0 N–H and O–H groups in total. The molecule has 1 fully saturated rings. The van der Waals surface area contributed by atoms with Crippen LogP contribution in [0.5, 0.6) is 5.75 Å². The first-order valence-corrected chi connectivity index (χ1v) is 7.45. The fourth-order valence-electron chi connectivity index (χ4n) is 2.44. The summed E-state index contributed by atoms with van der Waals surface area (Å²) in [7, 11) is 1.58. The summed E-state index contributed by atoms with van der Waals surface area (Å²) in [6, 6.07) is 7.15. The predicted octanol–water partition coefficient (Wildman–Crippen LogP) is 1.02. The normalized spacial score (nSPS) is 15.5. The number of ether oxygens (including phenoxy) is 2. The van der Waals surface area contributed by atoms with Crippen molar-refractivity contribution in [1.82, 2.24) is 9.80 Å². The van der Waals surface area contributed by atoms with E-state index < -0.39 is 0 Å². The van der Waals surface area contributed by atoms with E-state index in [4.69, 9.17) is 9.47 Å². The predicted molar refractivity (Wildman–Crippen MR) is 82.0 cm³/mol. The van der Waals surface area contributed by atoms with Gasteiger partial charge in [-0.25, -0.2) is 0 Å². The van der Waals surface area contributed by atoms with Crippen LogP contribution in [0.4, 0.5) is 0 Å². The molecule has 2 rings (SSSR count). The van der Waals surface area contributed by atoms with Gasteiger partial charge in [-0.05, 0) is 25.1 Å². The van der Waals surface area contributed by atoms with E-state index in [0.29, 0.717) is 44.1 Å². The van der Waals surface area contributed by atoms with E-state index >= 15 is 0 Å². The Morgan fingerprint density at radius 2 is 1.91 bits per heavy atom. The first-order chi connectivity index (χ1) is 10.6. The summed E-state index contributed by atoms with van der Waals surface area (Å²) in [6.45, 7) is 5.04. The van der Waals surface area contributed by atoms with Crippen LogP contribution in [0.25, 0.3) is 0 Å². The molecule has 1 amide bonds. The number of benzene rings is 1. The largest absolute Gasteiger partial charge is 0.497 e. The third-order valence-electron chi connectivity index (χ3n) is 3.63. The van der Waals surface area contributed by atoms with Crippen LogP contribution in [0, 0.1) is 0 Å². The number of carbonyl (C=O) groups is 2. The van der Waals surface area contributed by atoms with Crippen LogP contribution in [-0.4, -0.2) is 68.1 Å². The van der Waals surface area contributed by atoms with E-state index in [2.05, 4.69) is 0 Å². The van der Waals surface area contributed by atoms with Gasteiger partial charge in [0.15, 0.2) is 0 Å². The molecule has 120 valence electrons. The van der Waals surface area contributed by atoms with Crippen LogP contribution in [0.1, 0.15) is 17.3 Å². The molecular weight excluding hydrogens is 284 g/mol. The van der Waals surface area contributed by atoms with Crippen molar-refractivity contribution in [2.24, 2.45) is 0 Å². The zero-order valence-electron chi connectivity index (χ0n) is 13.1. The first-order valence-electron chi connectivity index (χ1n) is 7.45. The van der Waals surface area contributed by atoms with E-state index in [1.807, 2.05) is 17.0 Å². The second-order valence-electron chi connectivity index (χ2n) is 5.11. The topological polar surface area (TPSA) is 59.1 Å². The first kappa shape index (κ1) is 16.3. The van der Waals surface area contributed by atoms with Gasteiger partial charge in [-0.15, -0.1) is 0 Å². The number of hydrogen-bond acceptors (Lipinski definition) is 5. The van der Waals surface area contributed by atoms with Gasteiger partial charge >= 0.3 is 5.97 Å². The Hall–Kier alpha value is -2.08. The Labute approximate surface area is 130 Å². The average Bonchev–Trinajstić information content (AvgIpc) is 2.55. The lowest BCUT2D eigenvalue weighted by Crippen LogP contribution is -2.50. The Morgan fingerprint density at radius 1 is 1.18 bits per heavy atom. The molecule has 6 heteroatoms. The van der Waals surface area contributed by atoms with Crippen molar-refractivity contribution < 1.29 is 19.1 Å². The lowest BCUT2D eigenvalue weighted by Gasteiger charge is -2.34. The van der Waals surface area contributed by atoms with Gasteiger partial charge in [0.05, 0.1) is 20.3 Å². The van der Waals surface area contributed by atoms with Gasteiger partial charge < -0.3 is 14.4 Å². The SMILES string of the molecule is CCOC(=O)CN1CCN(C(=O)c2cccc(OC)c2)CC1. The van der Waals surface area contributed by atoms with E-state index in [1.54, 1.807) is 31.1 Å². The number of carbonyl (C=O) groups excluding carboxylic acids is 2. The number of nitrogens with zero attached hydrogens (tertiary/aromatic N) is 2. The molecule has 22 heavy (non-hydrogen) atoms. The molecule has 0 atom stereocenters. The molecule has 0 spiro atoms. The highest BCUT2D eigenvalue weighted by Crippen LogP contribution is 2.15. The van der Waals surface area contributed by atoms with Crippen molar-refractivity contribution in [1.29, 1.82) is 0 Å². The lowest BCUT2D eigenvalue weighted by molar-refractivity contribution is -0.144. The summed E-state index contributed by atoms with van der Waals surface area (Å²) in [6.07, 6.45) is 0. The molecule has 0 aromatic heterocycles. The van der Waals surface area contributed by atoms with Crippen molar-refractivity contribution >= 4 is 11.9 Å². The van der Waals surface area contributed by atoms with Crippen LogP contribution in [0.2, 0.25) is 0 Å². The Bertz CT molecular complexity index is 525. The number of amides is 1. The number of methoxy groups -OCH3 is 1. The summed E-state index contributed by atoms with van der Waals surface area (Å²) in [5, 5.41) is 0. The van der Waals surface area contributed by atoms with Crippen LogP contribution in [0.15, 0.2) is 24.3 Å². The average molecular weight is 306 g/mol. The Morgan fingerprint density at radius 3 is 2.55 bits per heavy atom. The number of piperazine rings is 1. The standard InChI is InChI=1S/C16H22N2O4/c1-3-22-15(19)12-17-7-9-18(10-8-17)16(20)13-5-4-6-14(11-13)21-2/h4-6,11H,3,7-10,12H2,1-2H3. The maximum absolute atomic E-state index is 12.5. The molecule has 0 bridgehead atoms. The van der Waals surface area contributed by atoms with Crippen molar-refractivity contribution in [2.45, 2.75) is 6.92 Å². The lowest BCUT2D eigenvalue weighted by atomic mass is 10.1. The summed E-state index contributed by atoms with van der Waals surface area (Å²) >= 11 is 0. The fraction of sp³-hybridized carbons (Fsp3) is 0.500. The van der Waals surface area contributed by atoms with Gasteiger partial charge in [0.2, 0.25) is 0 Å². The maximum atomic E-state index is 12.5. The molecule has 6 nitrogen and oxygen atoms in total. The summed E-state index contributed by atoms with van der Waals surface area (Å²) in [5.41, 5.74) is 0.623. The van der Waals surface area contributed by atoms with Crippen LogP contribution >= 0.6 is 0 Å². The molecule has 1 aromatic rings. The second kappa shape index (κ2) is 7.79. The van der Waals surface area contributed by atoms with E-state index in [-0.39, 0.29) is 18.4 Å². The van der Waals surface area contributed by atoms with Gasteiger partial charge in [-0.2, -0.15) is 0 Å². The van der Waals surface area contributed by atoms with Crippen molar-refractivity contribution in [3.63, 3.8) is 0 Å². The Kier molecular flexibility index (Phi) is 5.77. The molecule has 1 aromatic carbocycles. The van der Waals surface area contributed by atoms with Gasteiger partial charge in [0.1, 0.15) is 5.75 Å². The highest BCUT2D eigenvalue weighted by molar-refractivity contribution is 5.94. The van der Waals surface area contributed by atoms with Gasteiger partial charge in [-0.3, -0.25) is 14.5 Å². The molecule has 1 saturated heterocycles. The summed E-state index contributed by atoms with van der Waals surface area (Å²) < 4.78 is 10.1. The van der Waals surface area contributed by atoms with E-state index in [0.717, 1.165) is 0 Å². The number of hydrogen-bond donors (Lipinski definition) is 0. The van der Waals surface area contributed by atoms with E-state index in [9.17, 15) is 9.59 Å². The third kappa shape index (κ3) is 4.21. The summed E-state index contributed by atoms with van der Waals surface area (Å²) in [5.74, 6) is 0.455. The third-order valence-corrected chi connectivity index (χ3v) is 3.63. The van der Waals surface area contributed by atoms with Crippen LogP contribution < -0.4 is 4.74 Å². The molecule has 1 aliphatic rings. The molecule has 0 radical (unpaired) electrons. The maximum Gasteiger partial charge on any atom is 0.320 e. The smallest absolute Gasteiger partial charge is 0.320 e. The quantitative estimate of drug-likeness (QED) is 0.760. The highest BCUT2D eigenvalue weighted by atomic mass is 16.5. The molecule has 1 aliphatic heterocycles. The molecule has 1 heterocycles. The number of rotatable bonds is 5. The zero-order valence-corrected chi connectivity index (χ0v) is 13.1. The molecule has 0 aliphatic carbocycles. The summed E-state index contributed by atoms with van der Waals surface area (Å²) in [4.78, 5) is 27.7.